The highest BCUT2D eigenvalue weighted by molar-refractivity contribution is 5.01. The molecule has 3 nitrogen and oxygen atoms in total. The van der Waals surface area contributed by atoms with Crippen LogP contribution in [0, 0.1) is 0 Å². The lowest BCUT2D eigenvalue weighted by atomic mass is 9.98. The smallest absolute Gasteiger partial charge is 0.0838 e. The first kappa shape index (κ1) is 9.71. The lowest BCUT2D eigenvalue weighted by Crippen LogP contribution is -2.37. The van der Waals surface area contributed by atoms with Crippen molar-refractivity contribution in [3.05, 3.63) is 12.2 Å². The van der Waals surface area contributed by atoms with Crippen LogP contribution in [0.3, 0.4) is 0 Å². The first-order chi connectivity index (χ1) is 5.63. The summed E-state index contributed by atoms with van der Waals surface area (Å²) in [6, 6.07) is 0. The minimum absolute atomic E-state index is 0.0269. The maximum atomic E-state index is 9.40. The molecule has 2 N–H and O–H groups in total. The molecule has 1 fully saturated rings. The van der Waals surface area contributed by atoms with E-state index < -0.39 is 0 Å². The second-order valence-corrected chi connectivity index (χ2v) is 3.40. The molecule has 1 aliphatic rings. The standard InChI is InChI=1S/C9H16O3/c1-6(2)9-4-7(11)3-8(5-10)12-9/h7-11H,1,3-5H2,2H3/t7?,8?,9-/m1/s1. The van der Waals surface area contributed by atoms with Gasteiger partial charge in [0.25, 0.3) is 0 Å². The van der Waals surface area contributed by atoms with Crippen LogP contribution in [0.4, 0.5) is 0 Å². The normalized spacial score (nSPS) is 36.4. The van der Waals surface area contributed by atoms with E-state index in [0.717, 1.165) is 5.57 Å². The number of aliphatic hydroxyl groups excluding tert-OH is 2. The molecule has 1 rings (SSSR count). The minimum atomic E-state index is -0.363. The van der Waals surface area contributed by atoms with Crippen LogP contribution in [0.15, 0.2) is 12.2 Å². The third-order valence-corrected chi connectivity index (χ3v) is 2.13. The Balaban J connectivity index is 2.51. The van der Waals surface area contributed by atoms with Crippen molar-refractivity contribution < 1.29 is 14.9 Å². The van der Waals surface area contributed by atoms with E-state index >= 15 is 0 Å². The van der Waals surface area contributed by atoms with Crippen LogP contribution in [0.25, 0.3) is 0 Å². The van der Waals surface area contributed by atoms with Crippen molar-refractivity contribution in [3.63, 3.8) is 0 Å². The zero-order chi connectivity index (χ0) is 9.14. The lowest BCUT2D eigenvalue weighted by molar-refractivity contribution is -0.0973. The van der Waals surface area contributed by atoms with Gasteiger partial charge in [0.1, 0.15) is 0 Å². The molecule has 0 bridgehead atoms. The molecule has 1 saturated heterocycles. The Bertz CT molecular complexity index is 167. The maximum absolute atomic E-state index is 9.40. The Kier molecular flexibility index (Phi) is 3.26. The molecule has 1 heterocycles. The van der Waals surface area contributed by atoms with Gasteiger partial charge in [-0.15, -0.1) is 0 Å². The molecule has 0 spiro atoms. The molecular formula is C9H16O3. The van der Waals surface area contributed by atoms with Crippen LogP contribution < -0.4 is 0 Å². The highest BCUT2D eigenvalue weighted by atomic mass is 16.5. The van der Waals surface area contributed by atoms with Crippen LogP contribution in [-0.4, -0.2) is 35.1 Å². The molecule has 2 unspecified atom stereocenters. The number of hydrogen-bond donors (Lipinski definition) is 2. The Hall–Kier alpha value is -0.380. The van der Waals surface area contributed by atoms with Gasteiger partial charge >= 0.3 is 0 Å². The van der Waals surface area contributed by atoms with E-state index in [-0.39, 0.29) is 24.9 Å². The zero-order valence-corrected chi connectivity index (χ0v) is 7.36. The second-order valence-electron chi connectivity index (χ2n) is 3.40. The average molecular weight is 172 g/mol. The fraction of sp³-hybridized carbons (Fsp3) is 0.778. The Labute approximate surface area is 72.7 Å². The molecule has 70 valence electrons. The van der Waals surface area contributed by atoms with Crippen molar-refractivity contribution in [2.45, 2.75) is 38.1 Å². The summed E-state index contributed by atoms with van der Waals surface area (Å²) in [5, 5.41) is 18.2. The molecular weight excluding hydrogens is 156 g/mol. The molecule has 0 aromatic carbocycles. The number of ether oxygens (including phenoxy) is 1. The number of rotatable bonds is 2. The van der Waals surface area contributed by atoms with Crippen molar-refractivity contribution in [1.82, 2.24) is 0 Å². The summed E-state index contributed by atoms with van der Waals surface area (Å²) in [4.78, 5) is 0. The fourth-order valence-electron chi connectivity index (χ4n) is 1.43. The van der Waals surface area contributed by atoms with Gasteiger partial charge in [-0.2, -0.15) is 0 Å². The summed E-state index contributed by atoms with van der Waals surface area (Å²) >= 11 is 0. The van der Waals surface area contributed by atoms with Crippen LogP contribution in [0.2, 0.25) is 0 Å². The quantitative estimate of drug-likeness (QED) is 0.595. The fourth-order valence-corrected chi connectivity index (χ4v) is 1.43. The average Bonchev–Trinajstić information content (AvgIpc) is 2.03. The lowest BCUT2D eigenvalue weighted by Gasteiger charge is -2.32. The van der Waals surface area contributed by atoms with Crippen LogP contribution in [0.1, 0.15) is 19.8 Å². The molecule has 0 amide bonds. The van der Waals surface area contributed by atoms with Gasteiger partial charge in [-0.1, -0.05) is 12.2 Å². The van der Waals surface area contributed by atoms with Crippen molar-refractivity contribution in [2.75, 3.05) is 6.61 Å². The number of hydrogen-bond acceptors (Lipinski definition) is 3. The van der Waals surface area contributed by atoms with E-state index in [1.807, 2.05) is 6.92 Å². The zero-order valence-electron chi connectivity index (χ0n) is 7.36. The van der Waals surface area contributed by atoms with E-state index in [2.05, 4.69) is 6.58 Å². The molecule has 0 aromatic heterocycles. The third kappa shape index (κ3) is 2.30. The summed E-state index contributed by atoms with van der Waals surface area (Å²) in [5.74, 6) is 0. The first-order valence-electron chi connectivity index (χ1n) is 4.23. The molecule has 3 atom stereocenters. The highest BCUT2D eigenvalue weighted by Gasteiger charge is 2.27. The van der Waals surface area contributed by atoms with Gasteiger partial charge in [0.2, 0.25) is 0 Å². The van der Waals surface area contributed by atoms with Gasteiger partial charge in [-0.05, 0) is 6.92 Å². The van der Waals surface area contributed by atoms with Gasteiger partial charge in [0.05, 0.1) is 24.9 Å². The first-order valence-corrected chi connectivity index (χ1v) is 4.23. The SMILES string of the molecule is C=C(C)[C@H]1CC(O)CC(CO)O1. The summed E-state index contributed by atoms with van der Waals surface area (Å²) in [5.41, 5.74) is 0.909. The van der Waals surface area contributed by atoms with Crippen molar-refractivity contribution in [3.8, 4) is 0 Å². The van der Waals surface area contributed by atoms with Gasteiger partial charge in [-0.3, -0.25) is 0 Å². The van der Waals surface area contributed by atoms with Gasteiger partial charge in [0, 0.05) is 12.8 Å². The van der Waals surface area contributed by atoms with E-state index in [9.17, 15) is 5.11 Å². The van der Waals surface area contributed by atoms with Gasteiger partial charge < -0.3 is 14.9 Å². The van der Waals surface area contributed by atoms with Crippen LogP contribution in [0.5, 0.6) is 0 Å². The molecule has 12 heavy (non-hydrogen) atoms. The van der Waals surface area contributed by atoms with Crippen molar-refractivity contribution >= 4 is 0 Å². The number of aliphatic hydroxyl groups is 2. The summed E-state index contributed by atoms with van der Waals surface area (Å²) < 4.78 is 5.46. The van der Waals surface area contributed by atoms with E-state index in [0.29, 0.717) is 12.8 Å². The molecule has 1 aliphatic heterocycles. The summed E-state index contributed by atoms with van der Waals surface area (Å²) in [6.45, 7) is 5.61. The maximum Gasteiger partial charge on any atom is 0.0838 e. The molecule has 3 heteroatoms. The molecule has 0 aromatic rings. The predicted octanol–water partition coefficient (Wildman–Crippen LogP) is 0.463. The third-order valence-electron chi connectivity index (χ3n) is 2.13. The second kappa shape index (κ2) is 4.03. The summed E-state index contributed by atoms with van der Waals surface area (Å²) in [7, 11) is 0. The Morgan fingerprint density at radius 1 is 1.58 bits per heavy atom. The van der Waals surface area contributed by atoms with Crippen LogP contribution in [-0.2, 0) is 4.74 Å². The highest BCUT2D eigenvalue weighted by Crippen LogP contribution is 2.23. The molecule has 0 saturated carbocycles. The van der Waals surface area contributed by atoms with Gasteiger partial charge in [0.15, 0.2) is 0 Å². The predicted molar refractivity (Wildman–Crippen MR) is 45.8 cm³/mol. The summed E-state index contributed by atoms with van der Waals surface area (Å²) in [6.07, 6.45) is 0.450. The van der Waals surface area contributed by atoms with Crippen molar-refractivity contribution in [2.24, 2.45) is 0 Å². The minimum Gasteiger partial charge on any atom is -0.394 e. The Morgan fingerprint density at radius 2 is 2.25 bits per heavy atom. The molecule has 0 aliphatic carbocycles. The topological polar surface area (TPSA) is 49.7 Å². The van der Waals surface area contributed by atoms with E-state index in [1.165, 1.54) is 0 Å². The largest absolute Gasteiger partial charge is 0.394 e. The van der Waals surface area contributed by atoms with E-state index in [4.69, 9.17) is 9.84 Å². The van der Waals surface area contributed by atoms with E-state index in [1.54, 1.807) is 0 Å². The van der Waals surface area contributed by atoms with Gasteiger partial charge in [-0.25, -0.2) is 0 Å². The monoisotopic (exact) mass is 172 g/mol. The molecule has 0 radical (unpaired) electrons. The van der Waals surface area contributed by atoms with Crippen LogP contribution >= 0.6 is 0 Å². The Morgan fingerprint density at radius 3 is 2.75 bits per heavy atom. The van der Waals surface area contributed by atoms with Crippen molar-refractivity contribution in [1.29, 1.82) is 0 Å².